The maximum atomic E-state index is 12.2. The molecule has 0 bridgehead atoms. The molecule has 98 valence electrons. The highest BCUT2D eigenvalue weighted by Gasteiger charge is 2.44. The molecule has 0 aromatic rings. The fourth-order valence-electron chi connectivity index (χ4n) is 2.98. The Bertz CT molecular complexity index is 271. The van der Waals surface area contributed by atoms with Gasteiger partial charge in [-0.05, 0) is 52.6 Å². The molecular formula is C13H24N2O2. The molecule has 4 heteroatoms. The quantitative estimate of drug-likeness (QED) is 0.805. The highest BCUT2D eigenvalue weighted by Crippen LogP contribution is 2.37. The van der Waals surface area contributed by atoms with Crippen molar-refractivity contribution in [3.8, 4) is 0 Å². The minimum Gasteiger partial charge on any atom is -0.362 e. The van der Waals surface area contributed by atoms with Gasteiger partial charge in [0.25, 0.3) is 5.91 Å². The van der Waals surface area contributed by atoms with E-state index in [0.717, 1.165) is 51.9 Å². The molecule has 0 saturated carbocycles. The Hall–Kier alpha value is -0.610. The van der Waals surface area contributed by atoms with Crippen LogP contribution in [0.2, 0.25) is 0 Å². The number of amides is 1. The Morgan fingerprint density at radius 3 is 2.53 bits per heavy atom. The van der Waals surface area contributed by atoms with Crippen molar-refractivity contribution < 1.29 is 9.53 Å². The van der Waals surface area contributed by atoms with Gasteiger partial charge in [-0.1, -0.05) is 0 Å². The summed E-state index contributed by atoms with van der Waals surface area (Å²) in [7, 11) is 0. The molecule has 1 N–H and O–H groups in total. The maximum Gasteiger partial charge on any atom is 0.251 e. The summed E-state index contributed by atoms with van der Waals surface area (Å²) in [4.78, 5) is 14.1. The highest BCUT2D eigenvalue weighted by atomic mass is 16.5. The lowest BCUT2D eigenvalue weighted by Crippen LogP contribution is -2.44. The molecule has 17 heavy (non-hydrogen) atoms. The summed E-state index contributed by atoms with van der Waals surface area (Å²) >= 11 is 0. The molecule has 0 aromatic heterocycles. The van der Waals surface area contributed by atoms with E-state index in [9.17, 15) is 4.79 Å². The van der Waals surface area contributed by atoms with Crippen molar-refractivity contribution >= 4 is 5.91 Å². The summed E-state index contributed by atoms with van der Waals surface area (Å²) in [6.07, 6.45) is 3.86. The molecule has 4 nitrogen and oxygen atoms in total. The summed E-state index contributed by atoms with van der Waals surface area (Å²) in [6, 6.07) is 0. The molecule has 0 radical (unpaired) electrons. The van der Waals surface area contributed by atoms with Crippen LogP contribution in [0.15, 0.2) is 0 Å². The molecule has 0 aliphatic carbocycles. The molecule has 2 rings (SSSR count). The topological polar surface area (TPSA) is 41.6 Å². The molecule has 2 saturated heterocycles. The van der Waals surface area contributed by atoms with Gasteiger partial charge >= 0.3 is 0 Å². The van der Waals surface area contributed by atoms with Crippen LogP contribution in [0.25, 0.3) is 0 Å². The van der Waals surface area contributed by atoms with Gasteiger partial charge in [0.05, 0.1) is 5.60 Å². The van der Waals surface area contributed by atoms with Gasteiger partial charge in [-0.2, -0.15) is 0 Å². The average Bonchev–Trinajstić information content (AvgIpc) is 2.75. The zero-order chi connectivity index (χ0) is 12.3. The Kier molecular flexibility index (Phi) is 4.05. The predicted octanol–water partition coefficient (Wildman–Crippen LogP) is 1.16. The van der Waals surface area contributed by atoms with Gasteiger partial charge in [-0.3, -0.25) is 4.79 Å². The van der Waals surface area contributed by atoms with Crippen molar-refractivity contribution in [3.05, 3.63) is 0 Å². The highest BCUT2D eigenvalue weighted by molar-refractivity contribution is 5.81. The Morgan fingerprint density at radius 2 is 1.94 bits per heavy atom. The van der Waals surface area contributed by atoms with Crippen LogP contribution in [0.3, 0.4) is 0 Å². The van der Waals surface area contributed by atoms with E-state index >= 15 is 0 Å². The van der Waals surface area contributed by atoms with Gasteiger partial charge in [0.2, 0.25) is 0 Å². The normalized spacial score (nSPS) is 27.3. The molecular weight excluding hydrogens is 216 g/mol. The Morgan fingerprint density at radius 1 is 1.29 bits per heavy atom. The van der Waals surface area contributed by atoms with Gasteiger partial charge in [0, 0.05) is 13.1 Å². The number of carbonyl (C=O) groups excluding carboxylic acids is 1. The maximum absolute atomic E-state index is 12.2. The molecule has 0 unspecified atom stereocenters. The van der Waals surface area contributed by atoms with E-state index in [4.69, 9.17) is 4.74 Å². The van der Waals surface area contributed by atoms with E-state index in [-0.39, 0.29) is 17.6 Å². The Balaban J connectivity index is 1.94. The summed E-state index contributed by atoms with van der Waals surface area (Å²) in [6.45, 7) is 7.65. The second-order valence-corrected chi connectivity index (χ2v) is 5.09. The average molecular weight is 240 g/mol. The number of hydrogen-bond acceptors (Lipinski definition) is 3. The molecule has 1 spiro atoms. The molecule has 2 fully saturated rings. The number of ether oxygens (including phenoxy) is 1. The zero-order valence-corrected chi connectivity index (χ0v) is 11.0. The summed E-state index contributed by atoms with van der Waals surface area (Å²) < 4.78 is 6.11. The first kappa shape index (κ1) is 12.8. The standard InChI is InChI=1S/C13H24N2O2/c1-3-15(4-2)12(16)11-5-6-13(17-11)7-9-14-10-8-13/h11,14H,3-10H2,1-2H3/t11-/m1/s1. The third-order valence-electron chi connectivity index (χ3n) is 4.12. The monoisotopic (exact) mass is 240 g/mol. The van der Waals surface area contributed by atoms with Crippen LogP contribution in [0.5, 0.6) is 0 Å². The van der Waals surface area contributed by atoms with Crippen LogP contribution in [0.4, 0.5) is 0 Å². The lowest BCUT2D eigenvalue weighted by atomic mass is 9.89. The Labute approximate surface area is 104 Å². The molecule has 1 amide bonds. The smallest absolute Gasteiger partial charge is 0.251 e. The van der Waals surface area contributed by atoms with Crippen molar-refractivity contribution in [2.24, 2.45) is 0 Å². The first-order valence-corrected chi connectivity index (χ1v) is 6.88. The number of nitrogens with one attached hydrogen (secondary N) is 1. The van der Waals surface area contributed by atoms with Gasteiger partial charge < -0.3 is 15.0 Å². The predicted molar refractivity (Wildman–Crippen MR) is 66.9 cm³/mol. The molecule has 2 aliphatic heterocycles. The van der Waals surface area contributed by atoms with E-state index in [1.165, 1.54) is 0 Å². The van der Waals surface area contributed by atoms with Gasteiger partial charge in [-0.25, -0.2) is 0 Å². The molecule has 0 aromatic carbocycles. The number of piperidine rings is 1. The van der Waals surface area contributed by atoms with Crippen molar-refractivity contribution in [1.82, 2.24) is 10.2 Å². The van der Waals surface area contributed by atoms with Crippen LogP contribution >= 0.6 is 0 Å². The van der Waals surface area contributed by atoms with Crippen molar-refractivity contribution in [2.45, 2.75) is 51.2 Å². The minimum absolute atomic E-state index is 0.00126. The van der Waals surface area contributed by atoms with Gasteiger partial charge in [0.1, 0.15) is 6.10 Å². The van der Waals surface area contributed by atoms with Crippen LogP contribution in [-0.2, 0) is 9.53 Å². The van der Waals surface area contributed by atoms with Crippen molar-refractivity contribution in [2.75, 3.05) is 26.2 Å². The molecule has 2 aliphatic rings. The van der Waals surface area contributed by atoms with E-state index in [1.54, 1.807) is 0 Å². The van der Waals surface area contributed by atoms with Crippen LogP contribution < -0.4 is 5.32 Å². The number of likely N-dealkylation sites (N-methyl/N-ethyl adjacent to an activating group) is 1. The molecule has 2 heterocycles. The van der Waals surface area contributed by atoms with E-state index in [2.05, 4.69) is 5.32 Å². The second kappa shape index (κ2) is 5.36. The first-order chi connectivity index (χ1) is 8.21. The van der Waals surface area contributed by atoms with Gasteiger partial charge in [-0.15, -0.1) is 0 Å². The summed E-state index contributed by atoms with van der Waals surface area (Å²) in [5, 5.41) is 3.35. The fourth-order valence-corrected chi connectivity index (χ4v) is 2.98. The first-order valence-electron chi connectivity index (χ1n) is 6.88. The minimum atomic E-state index is -0.187. The van der Waals surface area contributed by atoms with Crippen LogP contribution in [0, 0.1) is 0 Å². The van der Waals surface area contributed by atoms with Crippen molar-refractivity contribution in [3.63, 3.8) is 0 Å². The number of hydrogen-bond donors (Lipinski definition) is 1. The fraction of sp³-hybridized carbons (Fsp3) is 0.923. The lowest BCUT2D eigenvalue weighted by Gasteiger charge is -2.34. The van der Waals surface area contributed by atoms with Crippen LogP contribution in [-0.4, -0.2) is 48.7 Å². The van der Waals surface area contributed by atoms with E-state index in [1.807, 2.05) is 18.7 Å². The van der Waals surface area contributed by atoms with E-state index < -0.39 is 0 Å². The lowest BCUT2D eigenvalue weighted by molar-refractivity contribution is -0.149. The third-order valence-corrected chi connectivity index (χ3v) is 4.12. The zero-order valence-electron chi connectivity index (χ0n) is 11.0. The second-order valence-electron chi connectivity index (χ2n) is 5.09. The summed E-state index contributed by atoms with van der Waals surface area (Å²) in [5.74, 6) is 0.186. The van der Waals surface area contributed by atoms with Gasteiger partial charge in [0.15, 0.2) is 0 Å². The summed E-state index contributed by atoms with van der Waals surface area (Å²) in [5.41, 5.74) is -0.00126. The van der Waals surface area contributed by atoms with Crippen molar-refractivity contribution in [1.29, 1.82) is 0 Å². The third kappa shape index (κ3) is 2.63. The SMILES string of the molecule is CCN(CC)C(=O)[C@H]1CCC2(CCNCC2)O1. The number of rotatable bonds is 3. The van der Waals surface area contributed by atoms with Crippen LogP contribution in [0.1, 0.15) is 39.5 Å². The largest absolute Gasteiger partial charge is 0.362 e. The molecule has 1 atom stereocenters. The number of nitrogens with zero attached hydrogens (tertiary/aromatic N) is 1. The number of carbonyl (C=O) groups is 1. The van der Waals surface area contributed by atoms with E-state index in [0.29, 0.717) is 0 Å².